The summed E-state index contributed by atoms with van der Waals surface area (Å²) in [5, 5.41) is 12.3. The maximum Gasteiger partial charge on any atom is 0.329 e. The van der Waals surface area contributed by atoms with Gasteiger partial charge < -0.3 is 15.2 Å². The smallest absolute Gasteiger partial charge is 0.329 e. The standard InChI is InChI=1S/C14H23NO4/c1-10-6-9-19-11(10)12(16)15-14(13(17)18)7-4-2-3-5-8-14/h10-11H,2-9H2,1H3,(H,15,16)(H,17,18). The van der Waals surface area contributed by atoms with Gasteiger partial charge in [-0.1, -0.05) is 32.6 Å². The Morgan fingerprint density at radius 1 is 1.21 bits per heavy atom. The van der Waals surface area contributed by atoms with E-state index in [1.807, 2.05) is 6.92 Å². The van der Waals surface area contributed by atoms with E-state index in [2.05, 4.69) is 5.32 Å². The number of hydrogen-bond acceptors (Lipinski definition) is 3. The third kappa shape index (κ3) is 3.08. The highest BCUT2D eigenvalue weighted by atomic mass is 16.5. The number of carboxylic acids is 1. The second-order valence-electron chi connectivity index (χ2n) is 5.85. The first-order valence-corrected chi connectivity index (χ1v) is 7.22. The van der Waals surface area contributed by atoms with Crippen LogP contribution in [-0.2, 0) is 14.3 Å². The van der Waals surface area contributed by atoms with E-state index in [4.69, 9.17) is 4.74 Å². The van der Waals surface area contributed by atoms with E-state index >= 15 is 0 Å². The highest BCUT2D eigenvalue weighted by molar-refractivity contribution is 5.89. The fourth-order valence-corrected chi connectivity index (χ4v) is 3.06. The van der Waals surface area contributed by atoms with E-state index in [9.17, 15) is 14.7 Å². The SMILES string of the molecule is CC1CCOC1C(=O)NC1(C(=O)O)CCCCCC1. The lowest BCUT2D eigenvalue weighted by molar-refractivity contribution is -0.150. The van der Waals surface area contributed by atoms with E-state index in [0.717, 1.165) is 32.1 Å². The molecule has 2 rings (SSSR count). The molecule has 2 N–H and O–H groups in total. The zero-order valence-corrected chi connectivity index (χ0v) is 11.5. The van der Waals surface area contributed by atoms with Crippen molar-refractivity contribution in [3.8, 4) is 0 Å². The van der Waals surface area contributed by atoms with E-state index < -0.39 is 17.6 Å². The molecular formula is C14H23NO4. The molecule has 0 radical (unpaired) electrons. The molecule has 2 atom stereocenters. The molecule has 1 heterocycles. The highest BCUT2D eigenvalue weighted by Crippen LogP contribution is 2.29. The number of nitrogens with one attached hydrogen (secondary N) is 1. The second kappa shape index (κ2) is 5.90. The molecule has 0 aromatic rings. The zero-order valence-electron chi connectivity index (χ0n) is 11.5. The molecule has 1 amide bonds. The van der Waals surface area contributed by atoms with Crippen LogP contribution >= 0.6 is 0 Å². The molecular weight excluding hydrogens is 246 g/mol. The van der Waals surface area contributed by atoms with Crippen LogP contribution in [0.25, 0.3) is 0 Å². The van der Waals surface area contributed by atoms with Crippen molar-refractivity contribution in [2.75, 3.05) is 6.61 Å². The van der Waals surface area contributed by atoms with Crippen molar-refractivity contribution >= 4 is 11.9 Å². The Hall–Kier alpha value is -1.10. The molecule has 1 saturated carbocycles. The van der Waals surface area contributed by atoms with Crippen LogP contribution in [0.1, 0.15) is 51.9 Å². The lowest BCUT2D eigenvalue weighted by atomic mass is 9.89. The van der Waals surface area contributed by atoms with Crippen LogP contribution in [0.2, 0.25) is 0 Å². The Kier molecular flexibility index (Phi) is 4.45. The number of carboxylic acid groups (broad SMARTS) is 1. The molecule has 1 saturated heterocycles. The van der Waals surface area contributed by atoms with Gasteiger partial charge in [0.15, 0.2) is 0 Å². The number of aliphatic carboxylic acids is 1. The summed E-state index contributed by atoms with van der Waals surface area (Å²) in [6, 6.07) is 0. The van der Waals surface area contributed by atoms with Gasteiger partial charge in [0.2, 0.25) is 5.91 Å². The molecule has 0 aromatic carbocycles. The van der Waals surface area contributed by atoms with Crippen molar-refractivity contribution in [3.63, 3.8) is 0 Å². The first kappa shape index (κ1) is 14.3. The summed E-state index contributed by atoms with van der Waals surface area (Å²) < 4.78 is 5.42. The Bertz CT molecular complexity index is 347. The summed E-state index contributed by atoms with van der Waals surface area (Å²) >= 11 is 0. The third-order valence-corrected chi connectivity index (χ3v) is 4.37. The van der Waals surface area contributed by atoms with Gasteiger partial charge in [-0.15, -0.1) is 0 Å². The van der Waals surface area contributed by atoms with Gasteiger partial charge in [0.05, 0.1) is 0 Å². The minimum absolute atomic E-state index is 0.164. The molecule has 19 heavy (non-hydrogen) atoms. The fraction of sp³-hybridized carbons (Fsp3) is 0.857. The average molecular weight is 269 g/mol. The largest absolute Gasteiger partial charge is 0.480 e. The zero-order chi connectivity index (χ0) is 13.9. The number of carbonyl (C=O) groups excluding carboxylic acids is 1. The van der Waals surface area contributed by atoms with Crippen molar-refractivity contribution in [1.29, 1.82) is 0 Å². The maximum absolute atomic E-state index is 12.2. The van der Waals surface area contributed by atoms with E-state index in [1.54, 1.807) is 0 Å². The maximum atomic E-state index is 12.2. The summed E-state index contributed by atoms with van der Waals surface area (Å²) in [6.45, 7) is 2.55. The minimum Gasteiger partial charge on any atom is -0.480 e. The molecule has 0 aromatic heterocycles. The number of carbonyl (C=O) groups is 2. The quantitative estimate of drug-likeness (QED) is 0.765. The lowest BCUT2D eigenvalue weighted by Gasteiger charge is -2.31. The van der Waals surface area contributed by atoms with Gasteiger partial charge >= 0.3 is 5.97 Å². The van der Waals surface area contributed by atoms with Gasteiger partial charge in [-0.25, -0.2) is 4.79 Å². The summed E-state index contributed by atoms with van der Waals surface area (Å²) in [5.41, 5.74) is -1.08. The summed E-state index contributed by atoms with van der Waals surface area (Å²) in [7, 11) is 0. The lowest BCUT2D eigenvalue weighted by Crippen LogP contribution is -2.57. The first-order chi connectivity index (χ1) is 9.05. The monoisotopic (exact) mass is 269 g/mol. The summed E-state index contributed by atoms with van der Waals surface area (Å²) in [4.78, 5) is 23.9. The van der Waals surface area contributed by atoms with Crippen LogP contribution < -0.4 is 5.32 Å². The average Bonchev–Trinajstić information content (AvgIpc) is 2.64. The molecule has 1 aliphatic heterocycles. The molecule has 0 spiro atoms. The summed E-state index contributed by atoms with van der Waals surface area (Å²) in [5.74, 6) is -1.00. The minimum atomic E-state index is -1.08. The number of rotatable bonds is 3. The molecule has 108 valence electrons. The van der Waals surface area contributed by atoms with Crippen molar-refractivity contribution < 1.29 is 19.4 Å². The van der Waals surface area contributed by atoms with Crippen molar-refractivity contribution in [2.24, 2.45) is 5.92 Å². The number of amides is 1. The molecule has 2 aliphatic rings. The Morgan fingerprint density at radius 3 is 2.32 bits per heavy atom. The Morgan fingerprint density at radius 2 is 1.84 bits per heavy atom. The van der Waals surface area contributed by atoms with Gasteiger partial charge in [-0.3, -0.25) is 4.79 Å². The van der Waals surface area contributed by atoms with E-state index in [0.29, 0.717) is 19.4 Å². The normalized spacial score (nSPS) is 30.6. The molecule has 1 aliphatic carbocycles. The van der Waals surface area contributed by atoms with Crippen molar-refractivity contribution in [2.45, 2.75) is 63.5 Å². The molecule has 2 fully saturated rings. The van der Waals surface area contributed by atoms with E-state index in [-0.39, 0.29) is 11.8 Å². The molecule has 5 nitrogen and oxygen atoms in total. The first-order valence-electron chi connectivity index (χ1n) is 7.22. The third-order valence-electron chi connectivity index (χ3n) is 4.37. The van der Waals surface area contributed by atoms with E-state index in [1.165, 1.54) is 0 Å². The fourth-order valence-electron chi connectivity index (χ4n) is 3.06. The Labute approximate surface area is 113 Å². The van der Waals surface area contributed by atoms with Crippen LogP contribution in [0.3, 0.4) is 0 Å². The van der Waals surface area contributed by atoms with Crippen molar-refractivity contribution in [3.05, 3.63) is 0 Å². The Balaban J connectivity index is 2.07. The number of hydrogen-bond donors (Lipinski definition) is 2. The van der Waals surface area contributed by atoms with Gasteiger partial charge in [0, 0.05) is 6.61 Å². The molecule has 2 unspecified atom stereocenters. The van der Waals surface area contributed by atoms with Crippen LogP contribution in [0.5, 0.6) is 0 Å². The highest BCUT2D eigenvalue weighted by Gasteiger charge is 2.43. The van der Waals surface area contributed by atoms with Gasteiger partial charge in [-0.2, -0.15) is 0 Å². The predicted octanol–water partition coefficient (Wildman–Crippen LogP) is 1.71. The van der Waals surface area contributed by atoms with Gasteiger partial charge in [0.25, 0.3) is 0 Å². The van der Waals surface area contributed by atoms with Crippen molar-refractivity contribution in [1.82, 2.24) is 5.32 Å². The second-order valence-corrected chi connectivity index (χ2v) is 5.85. The molecule has 5 heteroatoms. The van der Waals surface area contributed by atoms with Gasteiger partial charge in [0.1, 0.15) is 11.6 Å². The van der Waals surface area contributed by atoms with Crippen LogP contribution in [0.4, 0.5) is 0 Å². The van der Waals surface area contributed by atoms with Crippen LogP contribution in [0, 0.1) is 5.92 Å². The number of ether oxygens (including phenoxy) is 1. The topological polar surface area (TPSA) is 75.6 Å². The van der Waals surface area contributed by atoms with Gasteiger partial charge in [-0.05, 0) is 25.2 Å². The van der Waals surface area contributed by atoms with Crippen LogP contribution in [0.15, 0.2) is 0 Å². The summed E-state index contributed by atoms with van der Waals surface area (Å²) in [6.07, 6.45) is 5.21. The molecule has 0 bridgehead atoms. The van der Waals surface area contributed by atoms with Crippen LogP contribution in [-0.4, -0.2) is 35.2 Å². The predicted molar refractivity (Wildman–Crippen MR) is 69.7 cm³/mol.